The number of carbonyl (C=O) groups excluding carboxylic acids is 1. The summed E-state index contributed by atoms with van der Waals surface area (Å²) in [5, 5.41) is 3.05. The molecule has 0 aliphatic heterocycles. The number of nitrogens with one attached hydrogen (secondary N) is 1. The molecule has 0 bridgehead atoms. The molecular weight excluding hydrogens is 319 g/mol. The van der Waals surface area contributed by atoms with Crippen LogP contribution in [-0.4, -0.2) is 24.6 Å². The van der Waals surface area contributed by atoms with Crippen LogP contribution in [0.5, 0.6) is 11.5 Å². The van der Waals surface area contributed by atoms with Crippen molar-refractivity contribution in [2.75, 3.05) is 19.0 Å². The number of hydrogen-bond donors (Lipinski definition) is 1. The average Bonchev–Trinajstić information content (AvgIpc) is 2.94. The van der Waals surface area contributed by atoms with Crippen LogP contribution in [0.2, 0.25) is 0 Å². The van der Waals surface area contributed by atoms with Gasteiger partial charge in [-0.3, -0.25) is 10.1 Å². The maximum atomic E-state index is 13.1. The van der Waals surface area contributed by atoms with Gasteiger partial charge in [0.1, 0.15) is 17.3 Å². The first-order valence-corrected chi connectivity index (χ1v) is 7.58. The minimum atomic E-state index is -0.333. The van der Waals surface area contributed by atoms with E-state index in [1.165, 1.54) is 23.5 Å². The summed E-state index contributed by atoms with van der Waals surface area (Å²) < 4.78 is 24.2. The highest BCUT2D eigenvalue weighted by Crippen LogP contribution is 2.26. The van der Waals surface area contributed by atoms with Gasteiger partial charge in [-0.1, -0.05) is 11.3 Å². The maximum Gasteiger partial charge on any atom is 0.264 e. The molecule has 0 aliphatic rings. The summed E-state index contributed by atoms with van der Waals surface area (Å²) in [5.74, 6) is 0.609. The summed E-state index contributed by atoms with van der Waals surface area (Å²) >= 11 is 1.21. The lowest BCUT2D eigenvalue weighted by molar-refractivity contribution is -0.118. The first kappa shape index (κ1) is 15.2. The standard InChI is InChI=1S/C16H13FN2O3S/c1-21-11-3-5-12(6-4-11)22-9-15(20)19-16-18-13-7-2-10(17)8-14(13)23-16/h2-8H,9H2,1H3,(H,18,19,20). The van der Waals surface area contributed by atoms with E-state index in [1.54, 1.807) is 37.4 Å². The third-order valence-corrected chi connectivity index (χ3v) is 3.96. The van der Waals surface area contributed by atoms with Crippen molar-refractivity contribution in [2.45, 2.75) is 0 Å². The third-order valence-electron chi connectivity index (χ3n) is 3.03. The van der Waals surface area contributed by atoms with Gasteiger partial charge >= 0.3 is 0 Å². The van der Waals surface area contributed by atoms with Crippen molar-refractivity contribution in [1.82, 2.24) is 4.98 Å². The molecule has 0 unspecified atom stereocenters. The van der Waals surface area contributed by atoms with Crippen molar-refractivity contribution >= 4 is 32.6 Å². The first-order chi connectivity index (χ1) is 11.1. The summed E-state index contributed by atoms with van der Waals surface area (Å²) in [5.41, 5.74) is 0.641. The Kier molecular flexibility index (Phi) is 4.38. The fourth-order valence-electron chi connectivity index (χ4n) is 1.93. The Morgan fingerprint density at radius 3 is 2.70 bits per heavy atom. The van der Waals surface area contributed by atoms with E-state index in [1.807, 2.05) is 0 Å². The number of hydrogen-bond acceptors (Lipinski definition) is 5. The molecule has 3 rings (SSSR count). The van der Waals surface area contributed by atoms with E-state index >= 15 is 0 Å². The monoisotopic (exact) mass is 332 g/mol. The highest BCUT2D eigenvalue weighted by Gasteiger charge is 2.09. The van der Waals surface area contributed by atoms with E-state index in [-0.39, 0.29) is 18.3 Å². The third kappa shape index (κ3) is 3.75. The zero-order valence-corrected chi connectivity index (χ0v) is 13.0. The van der Waals surface area contributed by atoms with E-state index in [2.05, 4.69) is 10.3 Å². The average molecular weight is 332 g/mol. The van der Waals surface area contributed by atoms with Gasteiger partial charge in [-0.15, -0.1) is 0 Å². The Bertz CT molecular complexity index is 833. The van der Waals surface area contributed by atoms with Gasteiger partial charge in [0, 0.05) is 0 Å². The van der Waals surface area contributed by atoms with Crippen LogP contribution >= 0.6 is 11.3 Å². The molecular formula is C16H13FN2O3S. The van der Waals surface area contributed by atoms with E-state index in [4.69, 9.17) is 9.47 Å². The summed E-state index contributed by atoms with van der Waals surface area (Å²) in [6.07, 6.45) is 0. The van der Waals surface area contributed by atoms with Gasteiger partial charge in [-0.05, 0) is 42.5 Å². The molecule has 118 valence electrons. The van der Waals surface area contributed by atoms with Gasteiger partial charge in [-0.25, -0.2) is 9.37 Å². The predicted molar refractivity (Wildman–Crippen MR) is 86.7 cm³/mol. The molecule has 0 saturated carbocycles. The smallest absolute Gasteiger partial charge is 0.264 e. The highest BCUT2D eigenvalue weighted by atomic mass is 32.1. The van der Waals surface area contributed by atoms with Crippen molar-refractivity contribution in [3.63, 3.8) is 0 Å². The molecule has 0 atom stereocenters. The second-order valence-electron chi connectivity index (χ2n) is 4.64. The number of halogens is 1. The molecule has 0 spiro atoms. The number of carbonyl (C=O) groups is 1. The van der Waals surface area contributed by atoms with Crippen LogP contribution in [0.1, 0.15) is 0 Å². The van der Waals surface area contributed by atoms with Crippen molar-refractivity contribution in [1.29, 1.82) is 0 Å². The Labute approximate surface area is 135 Å². The van der Waals surface area contributed by atoms with E-state index in [0.717, 1.165) is 0 Å². The van der Waals surface area contributed by atoms with E-state index in [9.17, 15) is 9.18 Å². The van der Waals surface area contributed by atoms with Gasteiger partial charge in [-0.2, -0.15) is 0 Å². The molecule has 3 aromatic rings. The number of anilines is 1. The topological polar surface area (TPSA) is 60.5 Å². The van der Waals surface area contributed by atoms with Gasteiger partial charge in [0.2, 0.25) is 0 Å². The van der Waals surface area contributed by atoms with Crippen LogP contribution in [0.15, 0.2) is 42.5 Å². The number of fused-ring (bicyclic) bond motifs is 1. The molecule has 0 aliphatic carbocycles. The Hall–Kier alpha value is -2.67. The van der Waals surface area contributed by atoms with E-state index < -0.39 is 0 Å². The van der Waals surface area contributed by atoms with Crippen molar-refractivity contribution in [3.05, 3.63) is 48.3 Å². The molecule has 23 heavy (non-hydrogen) atoms. The van der Waals surface area contributed by atoms with Crippen LogP contribution in [0, 0.1) is 5.82 Å². The summed E-state index contributed by atoms with van der Waals surface area (Å²) in [7, 11) is 1.58. The van der Waals surface area contributed by atoms with Crippen molar-refractivity contribution < 1.29 is 18.7 Å². The van der Waals surface area contributed by atoms with Crippen LogP contribution in [0.3, 0.4) is 0 Å². The molecule has 7 heteroatoms. The number of thiazole rings is 1. The van der Waals surface area contributed by atoms with Gasteiger partial charge in [0.05, 0.1) is 17.3 Å². The summed E-state index contributed by atoms with van der Waals surface area (Å²) in [6, 6.07) is 11.2. The Balaban J connectivity index is 1.59. The molecule has 0 radical (unpaired) electrons. The second kappa shape index (κ2) is 6.62. The quantitative estimate of drug-likeness (QED) is 0.777. The number of aromatic nitrogens is 1. The van der Waals surface area contributed by atoms with Crippen LogP contribution < -0.4 is 14.8 Å². The molecule has 1 heterocycles. The van der Waals surface area contributed by atoms with E-state index in [0.29, 0.717) is 26.8 Å². The molecule has 1 aromatic heterocycles. The molecule has 1 amide bonds. The van der Waals surface area contributed by atoms with Gasteiger partial charge < -0.3 is 9.47 Å². The lowest BCUT2D eigenvalue weighted by Crippen LogP contribution is -2.19. The number of methoxy groups -OCH3 is 1. The van der Waals surface area contributed by atoms with Crippen molar-refractivity contribution in [3.8, 4) is 11.5 Å². The number of benzene rings is 2. The van der Waals surface area contributed by atoms with Crippen molar-refractivity contribution in [2.24, 2.45) is 0 Å². The lowest BCUT2D eigenvalue weighted by atomic mass is 10.3. The molecule has 0 saturated heterocycles. The largest absolute Gasteiger partial charge is 0.497 e. The summed E-state index contributed by atoms with van der Waals surface area (Å²) in [6.45, 7) is -0.142. The molecule has 5 nitrogen and oxygen atoms in total. The minimum absolute atomic E-state index is 0.142. The zero-order valence-electron chi connectivity index (χ0n) is 12.2. The molecule has 2 aromatic carbocycles. The zero-order chi connectivity index (χ0) is 16.2. The normalized spacial score (nSPS) is 10.5. The second-order valence-corrected chi connectivity index (χ2v) is 5.67. The number of rotatable bonds is 5. The first-order valence-electron chi connectivity index (χ1n) is 6.77. The lowest BCUT2D eigenvalue weighted by Gasteiger charge is -2.06. The maximum absolute atomic E-state index is 13.1. The number of ether oxygens (including phenoxy) is 2. The van der Waals surface area contributed by atoms with Crippen LogP contribution in [0.25, 0.3) is 10.2 Å². The SMILES string of the molecule is COc1ccc(OCC(=O)Nc2nc3ccc(F)cc3s2)cc1. The minimum Gasteiger partial charge on any atom is -0.497 e. The molecule has 0 fully saturated rings. The predicted octanol–water partition coefficient (Wildman–Crippen LogP) is 3.46. The number of nitrogens with zero attached hydrogens (tertiary/aromatic N) is 1. The van der Waals surface area contributed by atoms with Crippen LogP contribution in [0.4, 0.5) is 9.52 Å². The van der Waals surface area contributed by atoms with Gasteiger partial charge in [0.25, 0.3) is 5.91 Å². The van der Waals surface area contributed by atoms with Crippen LogP contribution in [-0.2, 0) is 4.79 Å². The summed E-state index contributed by atoms with van der Waals surface area (Å²) in [4.78, 5) is 16.1. The number of amides is 1. The highest BCUT2D eigenvalue weighted by molar-refractivity contribution is 7.22. The fraction of sp³-hybridized carbons (Fsp3) is 0.125. The Morgan fingerprint density at radius 2 is 1.96 bits per heavy atom. The fourth-order valence-corrected chi connectivity index (χ4v) is 2.84. The molecule has 1 N–H and O–H groups in total. The Morgan fingerprint density at radius 1 is 1.22 bits per heavy atom. The van der Waals surface area contributed by atoms with Gasteiger partial charge in [0.15, 0.2) is 11.7 Å².